The van der Waals surface area contributed by atoms with Gasteiger partial charge in [0, 0.05) is 5.57 Å². The Bertz CT molecular complexity index is 1090. The Morgan fingerprint density at radius 1 is 1.06 bits per heavy atom. The van der Waals surface area contributed by atoms with Crippen molar-refractivity contribution in [1.29, 1.82) is 0 Å². The Morgan fingerprint density at radius 3 is 2.26 bits per heavy atom. The highest BCUT2D eigenvalue weighted by Crippen LogP contribution is 2.36. The lowest BCUT2D eigenvalue weighted by Gasteiger charge is -2.12. The highest BCUT2D eigenvalue weighted by molar-refractivity contribution is 7.92. The van der Waals surface area contributed by atoms with Crippen molar-refractivity contribution < 1.29 is 22.0 Å². The van der Waals surface area contributed by atoms with Crippen molar-refractivity contribution in [2.75, 3.05) is 5.32 Å². The van der Waals surface area contributed by atoms with Crippen LogP contribution in [0.15, 0.2) is 47.6 Å². The van der Waals surface area contributed by atoms with Crippen molar-refractivity contribution in [3.8, 4) is 0 Å². The Balaban J connectivity index is 1.63. The van der Waals surface area contributed by atoms with Crippen LogP contribution >= 0.6 is 0 Å². The summed E-state index contributed by atoms with van der Waals surface area (Å²) in [5, 5.41) is 2.32. The molecule has 2 aliphatic rings. The predicted molar refractivity (Wildman–Crippen MR) is 113 cm³/mol. The zero-order valence-electron chi connectivity index (χ0n) is 17.0. The van der Waals surface area contributed by atoms with E-state index < -0.39 is 34.0 Å². The minimum absolute atomic E-state index is 0.00354. The number of aryl methyl sites for hydroxylation is 1. The molecule has 2 aromatic rings. The van der Waals surface area contributed by atoms with E-state index in [4.69, 9.17) is 0 Å². The zero-order chi connectivity index (χ0) is 22.2. The largest absolute Gasteiger partial charge is 0.305 e. The van der Waals surface area contributed by atoms with Gasteiger partial charge in [-0.2, -0.15) is 0 Å². The average molecular weight is 448 g/mol. The summed E-state index contributed by atoms with van der Waals surface area (Å²) in [6.07, 6.45) is 2.69. The molecule has 1 heterocycles. The van der Waals surface area contributed by atoms with Gasteiger partial charge in [0.05, 0.1) is 28.2 Å². The first-order chi connectivity index (χ1) is 14.7. The fourth-order valence-corrected chi connectivity index (χ4v) is 5.34. The molecule has 0 unspecified atom stereocenters. The molecule has 2 fully saturated rings. The highest BCUT2D eigenvalue weighted by Gasteiger charge is 2.37. The molecule has 1 aromatic carbocycles. The second kappa shape index (κ2) is 8.45. The van der Waals surface area contributed by atoms with Crippen LogP contribution in [0.25, 0.3) is 5.57 Å². The van der Waals surface area contributed by atoms with Crippen molar-refractivity contribution >= 4 is 27.1 Å². The molecule has 0 saturated heterocycles. The lowest BCUT2D eigenvalue weighted by molar-refractivity contribution is -0.111. The van der Waals surface area contributed by atoms with E-state index in [1.807, 2.05) is 0 Å². The lowest BCUT2D eigenvalue weighted by Crippen LogP contribution is -2.16. The molecule has 2 saturated carbocycles. The summed E-state index contributed by atoms with van der Waals surface area (Å²) in [6.45, 7) is 1.77. The minimum atomic E-state index is -3.36. The Morgan fingerprint density at radius 2 is 1.71 bits per heavy atom. The highest BCUT2D eigenvalue weighted by atomic mass is 32.2. The first-order valence-corrected chi connectivity index (χ1v) is 11.7. The molecular weight excluding hydrogens is 424 g/mol. The van der Waals surface area contributed by atoms with Crippen molar-refractivity contribution in [1.82, 2.24) is 9.97 Å². The summed E-state index contributed by atoms with van der Waals surface area (Å²) in [4.78, 5) is 21.4. The number of anilines is 1. The number of allylic oxidation sites excluding steroid dienone is 1. The van der Waals surface area contributed by atoms with E-state index in [-0.39, 0.29) is 34.4 Å². The second-order valence-corrected chi connectivity index (χ2v) is 10.3. The molecule has 0 bridgehead atoms. The molecule has 6 nitrogen and oxygen atoms in total. The number of nitrogens with zero attached hydrogens (tertiary/aromatic N) is 2. The van der Waals surface area contributed by atoms with E-state index in [9.17, 15) is 22.0 Å². The van der Waals surface area contributed by atoms with E-state index in [1.165, 1.54) is 24.5 Å². The molecule has 1 amide bonds. The number of sulfone groups is 1. The number of carbonyl (C=O) groups is 1. The van der Waals surface area contributed by atoms with Crippen LogP contribution in [0.3, 0.4) is 0 Å². The van der Waals surface area contributed by atoms with Gasteiger partial charge in [-0.05, 0) is 56.2 Å². The first-order valence-electron chi connectivity index (χ1n) is 10.2. The molecule has 4 rings (SSSR count). The second-order valence-electron chi connectivity index (χ2n) is 8.11. The van der Waals surface area contributed by atoms with Crippen LogP contribution in [-0.2, 0) is 14.6 Å². The van der Waals surface area contributed by atoms with Crippen LogP contribution in [-0.4, -0.2) is 41.9 Å². The van der Waals surface area contributed by atoms with Crippen LogP contribution in [0, 0.1) is 12.8 Å². The Hall–Kier alpha value is -2.68. The van der Waals surface area contributed by atoms with E-state index in [1.54, 1.807) is 25.1 Å². The van der Waals surface area contributed by atoms with Gasteiger partial charge in [0.15, 0.2) is 15.7 Å². The number of amides is 1. The maximum atomic E-state index is 13.7. The zero-order valence-corrected chi connectivity index (χ0v) is 17.8. The number of aromatic nitrogens is 2. The number of benzene rings is 1. The summed E-state index contributed by atoms with van der Waals surface area (Å²) in [7, 11) is -3.36. The lowest BCUT2D eigenvalue weighted by atomic mass is 9.98. The summed E-state index contributed by atoms with van der Waals surface area (Å²) < 4.78 is 52.2. The quantitative estimate of drug-likeness (QED) is 0.680. The number of hydrogen-bond donors (Lipinski definition) is 1. The molecule has 0 aliphatic heterocycles. The molecular formula is C22H23F2N3O3S. The van der Waals surface area contributed by atoms with Gasteiger partial charge in [0.1, 0.15) is 12.3 Å². The predicted octanol–water partition coefficient (Wildman–Crippen LogP) is 3.83. The van der Waals surface area contributed by atoms with Gasteiger partial charge in [-0.3, -0.25) is 9.78 Å². The molecule has 2 aliphatic carbocycles. The molecule has 3 atom stereocenters. The standard InChI is InChI=1S/C22H23F2N3O3S/c1-13-11-26-21(12-25-13)27-22(28)18(8-14-9-19(23)20(24)10-14)15-2-4-16(5-3-15)31(29,30)17-6-7-17/h2-5,8,11-12,14,17,19-20H,6-7,9-10H2,1H3,(H,26,27,28)/b18-8+/t14-,19+,20-. The first kappa shape index (κ1) is 21.5. The number of hydrogen-bond acceptors (Lipinski definition) is 5. The third kappa shape index (κ3) is 4.81. The molecule has 1 N–H and O–H groups in total. The topological polar surface area (TPSA) is 89.0 Å². The van der Waals surface area contributed by atoms with Crippen molar-refractivity contribution in [3.63, 3.8) is 0 Å². The third-order valence-electron chi connectivity index (χ3n) is 5.57. The molecule has 1 aromatic heterocycles. The molecule has 0 radical (unpaired) electrons. The maximum Gasteiger partial charge on any atom is 0.257 e. The number of halogens is 2. The van der Waals surface area contributed by atoms with Gasteiger partial charge >= 0.3 is 0 Å². The molecule has 0 spiro atoms. The van der Waals surface area contributed by atoms with Crippen molar-refractivity contribution in [2.45, 2.75) is 55.1 Å². The van der Waals surface area contributed by atoms with Gasteiger partial charge in [0.2, 0.25) is 0 Å². The monoisotopic (exact) mass is 447 g/mol. The third-order valence-corrected chi connectivity index (χ3v) is 7.85. The van der Waals surface area contributed by atoms with Gasteiger partial charge in [-0.25, -0.2) is 22.2 Å². The van der Waals surface area contributed by atoms with Crippen LogP contribution in [0.4, 0.5) is 14.6 Å². The summed E-state index contributed by atoms with van der Waals surface area (Å²) in [5.41, 5.74) is 1.37. The minimum Gasteiger partial charge on any atom is -0.305 e. The normalized spacial score (nSPS) is 24.2. The van der Waals surface area contributed by atoms with Crippen LogP contribution < -0.4 is 5.32 Å². The summed E-state index contributed by atoms with van der Waals surface area (Å²) >= 11 is 0. The Labute approximate surface area is 179 Å². The number of carbonyl (C=O) groups excluding carboxylic acids is 1. The average Bonchev–Trinajstić information content (AvgIpc) is 3.55. The van der Waals surface area contributed by atoms with Crippen LogP contribution in [0.1, 0.15) is 36.9 Å². The maximum absolute atomic E-state index is 13.7. The van der Waals surface area contributed by atoms with Crippen LogP contribution in [0.2, 0.25) is 0 Å². The Kier molecular flexibility index (Phi) is 5.88. The number of alkyl halides is 2. The van der Waals surface area contributed by atoms with E-state index in [0.717, 1.165) is 0 Å². The number of rotatable bonds is 6. The van der Waals surface area contributed by atoms with Crippen molar-refractivity contribution in [2.24, 2.45) is 5.92 Å². The summed E-state index contributed by atoms with van der Waals surface area (Å²) in [6, 6.07) is 6.05. The van der Waals surface area contributed by atoms with E-state index in [0.29, 0.717) is 24.1 Å². The fourth-order valence-electron chi connectivity index (χ4n) is 3.68. The van der Waals surface area contributed by atoms with E-state index >= 15 is 0 Å². The molecule has 9 heteroatoms. The van der Waals surface area contributed by atoms with Gasteiger partial charge < -0.3 is 5.32 Å². The van der Waals surface area contributed by atoms with Crippen LogP contribution in [0.5, 0.6) is 0 Å². The molecule has 164 valence electrons. The summed E-state index contributed by atoms with van der Waals surface area (Å²) in [5.74, 6) is -0.703. The SMILES string of the molecule is Cc1cnc(NC(=O)/C(=C/[C@H]2C[C@@H](F)[C@@H](F)C2)c2ccc(S(=O)(=O)C3CC3)cc2)cn1. The smallest absolute Gasteiger partial charge is 0.257 e. The van der Waals surface area contributed by atoms with E-state index in [2.05, 4.69) is 15.3 Å². The number of nitrogens with one attached hydrogen (secondary N) is 1. The van der Waals surface area contributed by atoms with Gasteiger partial charge in [0.25, 0.3) is 5.91 Å². The molecule has 31 heavy (non-hydrogen) atoms. The van der Waals surface area contributed by atoms with Gasteiger partial charge in [-0.15, -0.1) is 0 Å². The fraction of sp³-hybridized carbons (Fsp3) is 0.409. The van der Waals surface area contributed by atoms with Gasteiger partial charge in [-0.1, -0.05) is 18.2 Å². The van der Waals surface area contributed by atoms with Crippen molar-refractivity contribution in [3.05, 3.63) is 54.0 Å².